The van der Waals surface area contributed by atoms with Crippen molar-refractivity contribution in [2.75, 3.05) is 19.8 Å². The maximum atomic E-state index is 10.4. The summed E-state index contributed by atoms with van der Waals surface area (Å²) in [5.41, 5.74) is 2.25. The van der Waals surface area contributed by atoms with Gasteiger partial charge in [-0.05, 0) is 35.4 Å². The lowest BCUT2D eigenvalue weighted by atomic mass is 9.78. The molecule has 0 amide bonds. The Labute approximate surface area is 142 Å². The SMILES string of the molecule is CC(C)(c1ccc(OCC=O)cc1)c1ccc(OC[C@H]2CO2)cc1. The van der Waals surface area contributed by atoms with Gasteiger partial charge < -0.3 is 14.2 Å². The molecule has 1 saturated heterocycles. The normalized spacial score (nSPS) is 16.5. The van der Waals surface area contributed by atoms with E-state index in [1.54, 1.807) is 0 Å². The van der Waals surface area contributed by atoms with Crippen LogP contribution in [-0.4, -0.2) is 32.2 Å². The summed E-state index contributed by atoms with van der Waals surface area (Å²) in [6.45, 7) is 5.86. The molecule has 3 rings (SSSR count). The maximum absolute atomic E-state index is 10.4. The summed E-state index contributed by atoms with van der Waals surface area (Å²) in [6, 6.07) is 16.1. The minimum atomic E-state index is -0.138. The van der Waals surface area contributed by atoms with E-state index in [1.807, 2.05) is 36.4 Å². The highest BCUT2D eigenvalue weighted by molar-refractivity contribution is 5.51. The first-order valence-electron chi connectivity index (χ1n) is 8.11. The van der Waals surface area contributed by atoms with Crippen LogP contribution in [-0.2, 0) is 14.9 Å². The van der Waals surface area contributed by atoms with Gasteiger partial charge in [0.1, 0.15) is 30.8 Å². The zero-order valence-corrected chi connectivity index (χ0v) is 14.0. The topological polar surface area (TPSA) is 48.1 Å². The monoisotopic (exact) mass is 326 g/mol. The Bertz CT molecular complexity index is 670. The van der Waals surface area contributed by atoms with Crippen molar-refractivity contribution in [1.29, 1.82) is 0 Å². The Morgan fingerprint density at radius 1 is 1.00 bits per heavy atom. The molecule has 2 aromatic rings. The fraction of sp³-hybridized carbons (Fsp3) is 0.350. The average Bonchev–Trinajstić information content (AvgIpc) is 3.43. The Kier molecular flexibility index (Phi) is 4.86. The van der Waals surface area contributed by atoms with Crippen molar-refractivity contribution in [3.63, 3.8) is 0 Å². The molecule has 0 aromatic heterocycles. The standard InChI is InChI=1S/C20H22O4/c1-20(2,15-3-7-17(8-4-15)22-12-11-21)16-5-9-18(10-6-16)23-13-19-14-24-19/h3-11,19H,12-14H2,1-2H3/t19-/m0/s1. The van der Waals surface area contributed by atoms with Gasteiger partial charge in [-0.2, -0.15) is 0 Å². The van der Waals surface area contributed by atoms with E-state index < -0.39 is 0 Å². The molecule has 126 valence electrons. The maximum Gasteiger partial charge on any atom is 0.157 e. The van der Waals surface area contributed by atoms with Crippen LogP contribution in [0.1, 0.15) is 25.0 Å². The number of hydrogen-bond acceptors (Lipinski definition) is 4. The Balaban J connectivity index is 1.69. The van der Waals surface area contributed by atoms with Gasteiger partial charge >= 0.3 is 0 Å². The van der Waals surface area contributed by atoms with Gasteiger partial charge in [0.2, 0.25) is 0 Å². The predicted octanol–water partition coefficient (Wildman–Crippen LogP) is 3.37. The summed E-state index contributed by atoms with van der Waals surface area (Å²) in [5.74, 6) is 1.57. The van der Waals surface area contributed by atoms with Crippen molar-refractivity contribution < 1.29 is 19.0 Å². The van der Waals surface area contributed by atoms with Crippen LogP contribution >= 0.6 is 0 Å². The number of carbonyl (C=O) groups is 1. The number of ether oxygens (including phenoxy) is 3. The van der Waals surface area contributed by atoms with Crippen LogP contribution in [0.3, 0.4) is 0 Å². The molecule has 1 aliphatic rings. The first-order chi connectivity index (χ1) is 11.6. The first-order valence-corrected chi connectivity index (χ1v) is 8.11. The van der Waals surface area contributed by atoms with Crippen molar-refractivity contribution in [3.8, 4) is 11.5 Å². The lowest BCUT2D eigenvalue weighted by molar-refractivity contribution is -0.109. The second-order valence-corrected chi connectivity index (χ2v) is 6.42. The first kappa shape index (κ1) is 16.5. The molecule has 24 heavy (non-hydrogen) atoms. The highest BCUT2D eigenvalue weighted by Gasteiger charge is 2.24. The second-order valence-electron chi connectivity index (χ2n) is 6.42. The number of carbonyl (C=O) groups excluding carboxylic acids is 1. The molecule has 0 N–H and O–H groups in total. The van der Waals surface area contributed by atoms with Crippen LogP contribution in [0.4, 0.5) is 0 Å². The lowest BCUT2D eigenvalue weighted by Gasteiger charge is -2.26. The number of rotatable bonds is 8. The third kappa shape index (κ3) is 3.95. The fourth-order valence-corrected chi connectivity index (χ4v) is 2.59. The quantitative estimate of drug-likeness (QED) is 0.551. The molecule has 4 heteroatoms. The molecule has 1 heterocycles. The molecule has 1 aliphatic heterocycles. The predicted molar refractivity (Wildman–Crippen MR) is 91.8 cm³/mol. The third-order valence-corrected chi connectivity index (χ3v) is 4.31. The van der Waals surface area contributed by atoms with Crippen molar-refractivity contribution >= 4 is 6.29 Å². The zero-order valence-electron chi connectivity index (χ0n) is 14.0. The van der Waals surface area contributed by atoms with Gasteiger partial charge in [-0.1, -0.05) is 38.1 Å². The molecule has 0 spiro atoms. The van der Waals surface area contributed by atoms with Crippen LogP contribution in [0.2, 0.25) is 0 Å². The molecule has 2 aromatic carbocycles. The minimum Gasteiger partial charge on any atom is -0.491 e. The van der Waals surface area contributed by atoms with Crippen LogP contribution in [0.15, 0.2) is 48.5 Å². The largest absolute Gasteiger partial charge is 0.491 e. The van der Waals surface area contributed by atoms with E-state index in [2.05, 4.69) is 26.0 Å². The van der Waals surface area contributed by atoms with Crippen molar-refractivity contribution in [2.24, 2.45) is 0 Å². The van der Waals surface area contributed by atoms with Crippen LogP contribution in [0.25, 0.3) is 0 Å². The van der Waals surface area contributed by atoms with Gasteiger partial charge in [0.05, 0.1) is 6.61 Å². The van der Waals surface area contributed by atoms with Gasteiger partial charge in [-0.3, -0.25) is 4.79 Å². The Hall–Kier alpha value is -2.33. The summed E-state index contributed by atoms with van der Waals surface area (Å²) in [7, 11) is 0. The van der Waals surface area contributed by atoms with Crippen LogP contribution in [0.5, 0.6) is 11.5 Å². The molecule has 1 fully saturated rings. The summed E-state index contributed by atoms with van der Waals surface area (Å²) in [6.07, 6.45) is 1.01. The fourth-order valence-electron chi connectivity index (χ4n) is 2.59. The summed E-state index contributed by atoms with van der Waals surface area (Å²) >= 11 is 0. The number of benzene rings is 2. The Morgan fingerprint density at radius 3 is 1.96 bits per heavy atom. The molecular formula is C20H22O4. The molecule has 0 radical (unpaired) electrons. The number of epoxide rings is 1. The van der Waals surface area contributed by atoms with E-state index in [-0.39, 0.29) is 18.1 Å². The van der Waals surface area contributed by atoms with Crippen molar-refractivity contribution in [2.45, 2.75) is 25.4 Å². The van der Waals surface area contributed by atoms with Crippen molar-refractivity contribution in [1.82, 2.24) is 0 Å². The Morgan fingerprint density at radius 2 is 1.50 bits per heavy atom. The zero-order chi connectivity index (χ0) is 17.0. The van der Waals surface area contributed by atoms with E-state index in [0.29, 0.717) is 12.4 Å². The summed E-state index contributed by atoms with van der Waals surface area (Å²) in [5, 5.41) is 0. The summed E-state index contributed by atoms with van der Waals surface area (Å²) < 4.78 is 16.1. The van der Waals surface area contributed by atoms with Gasteiger partial charge in [0.25, 0.3) is 0 Å². The average molecular weight is 326 g/mol. The van der Waals surface area contributed by atoms with Gasteiger partial charge in [0, 0.05) is 5.41 Å². The van der Waals surface area contributed by atoms with Crippen LogP contribution in [0, 0.1) is 0 Å². The van der Waals surface area contributed by atoms with E-state index >= 15 is 0 Å². The highest BCUT2D eigenvalue weighted by Crippen LogP contribution is 2.33. The van der Waals surface area contributed by atoms with E-state index in [1.165, 1.54) is 11.1 Å². The third-order valence-electron chi connectivity index (χ3n) is 4.31. The van der Waals surface area contributed by atoms with E-state index in [9.17, 15) is 4.79 Å². The smallest absolute Gasteiger partial charge is 0.157 e. The lowest BCUT2D eigenvalue weighted by Crippen LogP contribution is -2.18. The number of aldehydes is 1. The molecule has 0 unspecified atom stereocenters. The highest BCUT2D eigenvalue weighted by atomic mass is 16.6. The summed E-state index contributed by atoms with van der Waals surface area (Å²) in [4.78, 5) is 10.4. The van der Waals surface area contributed by atoms with Gasteiger partial charge in [-0.15, -0.1) is 0 Å². The van der Waals surface area contributed by atoms with Crippen molar-refractivity contribution in [3.05, 3.63) is 59.7 Å². The molecule has 0 aliphatic carbocycles. The molecule has 0 saturated carbocycles. The van der Waals surface area contributed by atoms with Gasteiger partial charge in [-0.25, -0.2) is 0 Å². The molecule has 0 bridgehead atoms. The molecule has 4 nitrogen and oxygen atoms in total. The second kappa shape index (κ2) is 7.05. The number of hydrogen-bond donors (Lipinski definition) is 0. The van der Waals surface area contributed by atoms with E-state index in [0.717, 1.165) is 18.6 Å². The molecule has 1 atom stereocenters. The minimum absolute atomic E-state index is 0.0795. The van der Waals surface area contributed by atoms with E-state index in [4.69, 9.17) is 14.2 Å². The molecular weight excluding hydrogens is 304 g/mol. The van der Waals surface area contributed by atoms with Crippen LogP contribution < -0.4 is 9.47 Å². The van der Waals surface area contributed by atoms with Gasteiger partial charge in [0.15, 0.2) is 6.29 Å².